The molecule has 214 valence electrons. The molecule has 1 amide bonds. The summed E-state index contributed by atoms with van der Waals surface area (Å²) in [6.07, 6.45) is -4.24. The molecule has 0 unspecified atom stereocenters. The molecule has 1 aliphatic rings. The number of rotatable bonds is 9. The monoisotopic (exact) mass is 555 g/mol. The van der Waals surface area contributed by atoms with E-state index in [0.717, 1.165) is 6.07 Å². The first-order valence-corrected chi connectivity index (χ1v) is 12.3. The van der Waals surface area contributed by atoms with Gasteiger partial charge in [0.1, 0.15) is 17.5 Å². The Morgan fingerprint density at radius 2 is 1.95 bits per heavy atom. The summed E-state index contributed by atoms with van der Waals surface area (Å²) in [7, 11) is 2.53. The molecule has 1 saturated heterocycles. The van der Waals surface area contributed by atoms with Crippen LogP contribution in [0.3, 0.4) is 0 Å². The number of carbonyl (C=O) groups excluding carboxylic acids is 2. The second kappa shape index (κ2) is 12.9. The van der Waals surface area contributed by atoms with E-state index in [4.69, 9.17) is 9.47 Å². The van der Waals surface area contributed by atoms with Gasteiger partial charge < -0.3 is 35.3 Å². The Labute approximate surface area is 223 Å². The fourth-order valence-electron chi connectivity index (χ4n) is 4.37. The number of piperidine rings is 1. The van der Waals surface area contributed by atoms with E-state index in [0.29, 0.717) is 42.4 Å². The number of benzene rings is 1. The lowest BCUT2D eigenvalue weighted by molar-refractivity contribution is -0.146. The molecule has 11 nitrogen and oxygen atoms in total. The number of carbonyl (C=O) groups is 2. The average Bonchev–Trinajstić information content (AvgIpc) is 2.89. The van der Waals surface area contributed by atoms with E-state index in [-0.39, 0.29) is 48.6 Å². The van der Waals surface area contributed by atoms with Gasteiger partial charge in [-0.15, -0.1) is 10.2 Å². The van der Waals surface area contributed by atoms with Crippen LogP contribution in [-0.4, -0.2) is 66.8 Å². The number of phenols is 1. The van der Waals surface area contributed by atoms with Crippen molar-refractivity contribution in [3.05, 3.63) is 34.4 Å². The maximum Gasteiger partial charge on any atom is 0.416 e. The number of methoxy groups -OCH3 is 2. The molecule has 1 aliphatic heterocycles. The second-order valence-corrected chi connectivity index (χ2v) is 8.94. The molecule has 2 aromatic rings. The van der Waals surface area contributed by atoms with E-state index in [1.165, 1.54) is 14.2 Å². The maximum absolute atomic E-state index is 13.4. The van der Waals surface area contributed by atoms with Gasteiger partial charge in [-0.2, -0.15) is 13.2 Å². The Bertz CT molecular complexity index is 1190. The van der Waals surface area contributed by atoms with Crippen LogP contribution in [0.25, 0.3) is 11.3 Å². The zero-order valence-corrected chi connectivity index (χ0v) is 22.1. The quantitative estimate of drug-likeness (QED) is 0.340. The first-order valence-electron chi connectivity index (χ1n) is 12.3. The van der Waals surface area contributed by atoms with Crippen molar-refractivity contribution >= 4 is 17.9 Å². The van der Waals surface area contributed by atoms with E-state index < -0.39 is 29.6 Å². The van der Waals surface area contributed by atoms with Gasteiger partial charge in [-0.25, -0.2) is 4.79 Å². The molecule has 39 heavy (non-hydrogen) atoms. The molecule has 2 heterocycles. The summed E-state index contributed by atoms with van der Waals surface area (Å²) in [4.78, 5) is 23.8. The number of esters is 1. The highest BCUT2D eigenvalue weighted by molar-refractivity contribution is 5.77. The minimum absolute atomic E-state index is 0.0392. The zero-order valence-electron chi connectivity index (χ0n) is 22.1. The highest BCUT2D eigenvalue weighted by atomic mass is 19.4. The van der Waals surface area contributed by atoms with Crippen molar-refractivity contribution in [2.24, 2.45) is 0 Å². The first-order chi connectivity index (χ1) is 18.5. The van der Waals surface area contributed by atoms with Crippen molar-refractivity contribution in [1.82, 2.24) is 20.8 Å². The number of alkyl carbamates (subject to hydrolysis) is 1. The highest BCUT2D eigenvalue weighted by Crippen LogP contribution is 2.41. The molecule has 0 radical (unpaired) electrons. The lowest BCUT2D eigenvalue weighted by Gasteiger charge is -2.30. The topological polar surface area (TPSA) is 144 Å². The molecule has 0 aliphatic carbocycles. The fourth-order valence-corrected chi connectivity index (χ4v) is 4.37. The number of hydrogen-bond donors (Lipinski definition) is 4. The van der Waals surface area contributed by atoms with Crippen LogP contribution >= 0.6 is 0 Å². The highest BCUT2D eigenvalue weighted by Gasteiger charge is 2.33. The van der Waals surface area contributed by atoms with Crippen molar-refractivity contribution < 1.29 is 42.1 Å². The predicted molar refractivity (Wildman–Crippen MR) is 134 cm³/mol. The summed E-state index contributed by atoms with van der Waals surface area (Å²) in [6.45, 7) is 3.84. The van der Waals surface area contributed by atoms with E-state index in [2.05, 4.69) is 30.9 Å². The van der Waals surface area contributed by atoms with Crippen molar-refractivity contribution in [2.45, 2.75) is 58.1 Å². The molecular weight excluding hydrogens is 523 g/mol. The van der Waals surface area contributed by atoms with Gasteiger partial charge in [0.15, 0.2) is 5.82 Å². The molecule has 0 spiro atoms. The zero-order chi connectivity index (χ0) is 28.7. The summed E-state index contributed by atoms with van der Waals surface area (Å²) in [5, 5.41) is 28.1. The van der Waals surface area contributed by atoms with E-state index >= 15 is 0 Å². The van der Waals surface area contributed by atoms with Gasteiger partial charge in [-0.1, -0.05) is 0 Å². The second-order valence-electron chi connectivity index (χ2n) is 8.94. The molecular formula is C25H32F3N5O6. The van der Waals surface area contributed by atoms with Gasteiger partial charge in [-0.3, -0.25) is 4.79 Å². The summed E-state index contributed by atoms with van der Waals surface area (Å²) >= 11 is 0. The van der Waals surface area contributed by atoms with Crippen molar-refractivity contribution in [3.8, 4) is 17.0 Å². The SMILES string of the molecule is CCOC(=O)[C@@H]1CC[C@@H](Nc2nnc(-c3c(O)cc(C(F)(F)F)cc3COC)c(C)c2CNC(=O)OC)CN1. The number of nitrogens with zero attached hydrogens (tertiary/aromatic N) is 2. The minimum Gasteiger partial charge on any atom is -0.507 e. The van der Waals surface area contributed by atoms with Crippen molar-refractivity contribution in [3.63, 3.8) is 0 Å². The number of aromatic hydroxyl groups is 1. The average molecular weight is 556 g/mol. The predicted octanol–water partition coefficient (Wildman–Crippen LogP) is 3.27. The number of hydrogen-bond acceptors (Lipinski definition) is 10. The van der Waals surface area contributed by atoms with Gasteiger partial charge in [0.25, 0.3) is 0 Å². The summed E-state index contributed by atoms with van der Waals surface area (Å²) in [6, 6.07) is 0.962. The third-order valence-electron chi connectivity index (χ3n) is 6.33. The summed E-state index contributed by atoms with van der Waals surface area (Å²) < 4.78 is 55.0. The van der Waals surface area contributed by atoms with Crippen LogP contribution in [0.4, 0.5) is 23.8 Å². The van der Waals surface area contributed by atoms with Gasteiger partial charge in [-0.05, 0) is 49.9 Å². The van der Waals surface area contributed by atoms with Gasteiger partial charge in [0, 0.05) is 30.8 Å². The van der Waals surface area contributed by atoms with Crippen LogP contribution in [0, 0.1) is 6.92 Å². The number of nitrogens with one attached hydrogen (secondary N) is 3. The number of anilines is 1. The third kappa shape index (κ3) is 7.26. The number of ether oxygens (including phenoxy) is 3. The number of alkyl halides is 3. The van der Waals surface area contributed by atoms with Crippen molar-refractivity contribution in [2.75, 3.05) is 32.7 Å². The Hall–Kier alpha value is -3.65. The normalized spacial score (nSPS) is 17.4. The van der Waals surface area contributed by atoms with Crippen LogP contribution in [0.2, 0.25) is 0 Å². The Balaban J connectivity index is 1.98. The number of phenolic OH excluding ortho intramolecular Hbond substituents is 1. The van der Waals surface area contributed by atoms with E-state index in [1.807, 2.05) is 0 Å². The fraction of sp³-hybridized carbons (Fsp3) is 0.520. The maximum atomic E-state index is 13.4. The van der Waals surface area contributed by atoms with E-state index in [9.17, 15) is 27.9 Å². The molecule has 0 saturated carbocycles. The Morgan fingerprint density at radius 3 is 2.54 bits per heavy atom. The van der Waals surface area contributed by atoms with Crippen LogP contribution in [-0.2, 0) is 38.3 Å². The van der Waals surface area contributed by atoms with Crippen LogP contribution in [0.15, 0.2) is 12.1 Å². The standard InChI is InChI=1S/C25H32F3N5O6/c1-5-39-23(35)18-7-6-16(10-29-18)31-22-17(11-30-24(36)38-4)13(2)21(32-33-22)20-14(12-37-3)8-15(9-19(20)34)25(26,27)28/h8-9,16,18,29,34H,5-7,10-12H2,1-4H3,(H,30,36)(H,31,33)/t16-,18+/m1/s1. The number of aromatic nitrogens is 2. The molecule has 1 fully saturated rings. The molecule has 1 aromatic heterocycles. The Morgan fingerprint density at radius 1 is 1.21 bits per heavy atom. The van der Waals surface area contributed by atoms with Gasteiger partial charge in [0.2, 0.25) is 0 Å². The van der Waals surface area contributed by atoms with Crippen LogP contribution in [0.5, 0.6) is 5.75 Å². The van der Waals surface area contributed by atoms with Crippen LogP contribution in [0.1, 0.15) is 42.0 Å². The molecule has 3 rings (SSSR count). The van der Waals surface area contributed by atoms with Crippen LogP contribution < -0.4 is 16.0 Å². The van der Waals surface area contributed by atoms with E-state index in [1.54, 1.807) is 13.8 Å². The molecule has 4 N–H and O–H groups in total. The lowest BCUT2D eigenvalue weighted by atomic mass is 9.95. The van der Waals surface area contributed by atoms with Crippen molar-refractivity contribution in [1.29, 1.82) is 0 Å². The third-order valence-corrected chi connectivity index (χ3v) is 6.33. The smallest absolute Gasteiger partial charge is 0.416 e. The lowest BCUT2D eigenvalue weighted by Crippen LogP contribution is -2.49. The van der Waals surface area contributed by atoms with Gasteiger partial charge in [0.05, 0.1) is 32.4 Å². The summed E-state index contributed by atoms with van der Waals surface area (Å²) in [5.41, 5.74) is 0.154. The summed E-state index contributed by atoms with van der Waals surface area (Å²) in [5.74, 6) is -0.626. The minimum atomic E-state index is -4.68. The number of halogens is 3. The molecule has 1 aromatic carbocycles. The molecule has 14 heteroatoms. The Kier molecular flexibility index (Phi) is 9.92. The molecule has 2 atom stereocenters. The largest absolute Gasteiger partial charge is 0.507 e. The van der Waals surface area contributed by atoms with Gasteiger partial charge >= 0.3 is 18.2 Å². The number of amides is 1. The first kappa shape index (κ1) is 29.9. The molecule has 0 bridgehead atoms.